The molecule has 0 amide bonds. The van der Waals surface area contributed by atoms with Crippen LogP contribution in [0.5, 0.6) is 0 Å². The average molecular weight is 308 g/mol. The predicted octanol–water partition coefficient (Wildman–Crippen LogP) is 3.97. The van der Waals surface area contributed by atoms with Crippen LogP contribution in [0.1, 0.15) is 64.7 Å². The van der Waals surface area contributed by atoms with Crippen molar-refractivity contribution in [3.63, 3.8) is 0 Å². The SMILES string of the molecule is C[C@]12CC[C@@H]3[C@@H](CC=C4CCCC[C@@]43C(O)O)[C@@H]1CCC2F. The summed E-state index contributed by atoms with van der Waals surface area (Å²) in [6, 6.07) is 0. The number of fused-ring (bicyclic) bond motifs is 5. The summed E-state index contributed by atoms with van der Waals surface area (Å²) in [7, 11) is 0. The van der Waals surface area contributed by atoms with Crippen molar-refractivity contribution in [2.24, 2.45) is 28.6 Å². The molecule has 124 valence electrons. The van der Waals surface area contributed by atoms with Crippen LogP contribution in [0.2, 0.25) is 0 Å². The van der Waals surface area contributed by atoms with E-state index in [9.17, 15) is 14.6 Å². The topological polar surface area (TPSA) is 40.5 Å². The Morgan fingerprint density at radius 2 is 1.95 bits per heavy atom. The lowest BCUT2D eigenvalue weighted by molar-refractivity contribution is -0.181. The summed E-state index contributed by atoms with van der Waals surface area (Å²) in [4.78, 5) is 0. The second-order valence-electron chi connectivity index (χ2n) is 8.55. The van der Waals surface area contributed by atoms with Crippen LogP contribution in [0.25, 0.3) is 0 Å². The Labute approximate surface area is 132 Å². The van der Waals surface area contributed by atoms with E-state index >= 15 is 0 Å². The van der Waals surface area contributed by atoms with Gasteiger partial charge in [-0.3, -0.25) is 0 Å². The molecule has 0 aromatic heterocycles. The molecule has 4 aliphatic carbocycles. The molecule has 3 saturated carbocycles. The third-order valence-corrected chi connectivity index (χ3v) is 7.96. The summed E-state index contributed by atoms with van der Waals surface area (Å²) in [6.07, 6.45) is 9.18. The number of aliphatic hydroxyl groups excluding tert-OH is 1. The molecule has 0 aliphatic heterocycles. The number of aliphatic hydroxyl groups is 2. The Kier molecular flexibility index (Phi) is 3.47. The molecule has 0 heterocycles. The molecule has 22 heavy (non-hydrogen) atoms. The third kappa shape index (κ3) is 1.78. The summed E-state index contributed by atoms with van der Waals surface area (Å²) in [5, 5.41) is 20.6. The van der Waals surface area contributed by atoms with E-state index in [4.69, 9.17) is 0 Å². The van der Waals surface area contributed by atoms with Crippen LogP contribution in [0.3, 0.4) is 0 Å². The van der Waals surface area contributed by atoms with Crippen LogP contribution < -0.4 is 0 Å². The summed E-state index contributed by atoms with van der Waals surface area (Å²) in [5.74, 6) is 1.22. The minimum absolute atomic E-state index is 0.164. The van der Waals surface area contributed by atoms with Crippen molar-refractivity contribution in [3.8, 4) is 0 Å². The molecule has 4 aliphatic rings. The van der Waals surface area contributed by atoms with Crippen LogP contribution in [-0.2, 0) is 0 Å². The van der Waals surface area contributed by atoms with Crippen molar-refractivity contribution in [2.45, 2.75) is 77.2 Å². The molecule has 1 unspecified atom stereocenters. The van der Waals surface area contributed by atoms with E-state index in [-0.39, 0.29) is 5.41 Å². The zero-order chi connectivity index (χ0) is 15.5. The number of rotatable bonds is 1. The van der Waals surface area contributed by atoms with Gasteiger partial charge < -0.3 is 10.2 Å². The van der Waals surface area contributed by atoms with Gasteiger partial charge in [-0.1, -0.05) is 25.0 Å². The maximum Gasteiger partial charge on any atom is 0.161 e. The largest absolute Gasteiger partial charge is 0.367 e. The third-order valence-electron chi connectivity index (χ3n) is 7.96. The first-order valence-corrected chi connectivity index (χ1v) is 9.20. The normalized spacial score (nSPS) is 51.0. The Morgan fingerprint density at radius 1 is 1.14 bits per heavy atom. The second-order valence-corrected chi connectivity index (χ2v) is 8.55. The van der Waals surface area contributed by atoms with E-state index in [0.29, 0.717) is 24.2 Å². The van der Waals surface area contributed by atoms with Crippen molar-refractivity contribution < 1.29 is 14.6 Å². The van der Waals surface area contributed by atoms with E-state index in [1.165, 1.54) is 12.0 Å². The number of hydrogen-bond acceptors (Lipinski definition) is 2. The molecule has 0 saturated heterocycles. The number of allylic oxidation sites excluding steroid dienone is 1. The second kappa shape index (κ2) is 5.04. The first-order chi connectivity index (χ1) is 10.5. The standard InChI is InChI=1S/C19H29FO2/c1-18-11-9-15-13(14(18)7-8-16(18)20)6-5-12-4-2-3-10-19(12,15)17(21)22/h5,13-17,21-22H,2-4,6-11H2,1H3/t13-,14-,15+,16?,18-,19+/m0/s1. The van der Waals surface area contributed by atoms with E-state index in [1.807, 2.05) is 0 Å². The average Bonchev–Trinajstić information content (AvgIpc) is 2.82. The van der Waals surface area contributed by atoms with Gasteiger partial charge in [-0.2, -0.15) is 0 Å². The molecule has 4 rings (SSSR count). The molecular weight excluding hydrogens is 279 g/mol. The highest BCUT2D eigenvalue weighted by molar-refractivity contribution is 5.26. The van der Waals surface area contributed by atoms with Gasteiger partial charge in [0.05, 0.1) is 0 Å². The Bertz CT molecular complexity index is 488. The lowest BCUT2D eigenvalue weighted by Gasteiger charge is -2.58. The van der Waals surface area contributed by atoms with Crippen molar-refractivity contribution in [2.75, 3.05) is 0 Å². The highest BCUT2D eigenvalue weighted by Crippen LogP contribution is 2.65. The number of halogens is 1. The molecule has 3 heteroatoms. The van der Waals surface area contributed by atoms with Crippen LogP contribution in [0, 0.1) is 28.6 Å². The highest BCUT2D eigenvalue weighted by Gasteiger charge is 2.61. The molecular formula is C19H29FO2. The molecule has 2 nitrogen and oxygen atoms in total. The molecule has 6 atom stereocenters. The van der Waals surface area contributed by atoms with Crippen molar-refractivity contribution in [3.05, 3.63) is 11.6 Å². The smallest absolute Gasteiger partial charge is 0.161 e. The first-order valence-electron chi connectivity index (χ1n) is 9.20. The maximum atomic E-state index is 14.5. The van der Waals surface area contributed by atoms with Crippen LogP contribution >= 0.6 is 0 Å². The lowest BCUT2D eigenvalue weighted by Crippen LogP contribution is -2.55. The Morgan fingerprint density at radius 3 is 2.73 bits per heavy atom. The minimum atomic E-state index is -1.25. The molecule has 0 radical (unpaired) electrons. The fourth-order valence-electron chi connectivity index (χ4n) is 6.80. The van der Waals surface area contributed by atoms with Crippen LogP contribution in [0.4, 0.5) is 4.39 Å². The van der Waals surface area contributed by atoms with Crippen molar-refractivity contribution in [1.82, 2.24) is 0 Å². The van der Waals surface area contributed by atoms with Gasteiger partial charge in [0.25, 0.3) is 0 Å². The van der Waals surface area contributed by atoms with Gasteiger partial charge in [-0.25, -0.2) is 4.39 Å². The fraction of sp³-hybridized carbons (Fsp3) is 0.895. The molecule has 3 fully saturated rings. The van der Waals surface area contributed by atoms with Gasteiger partial charge in [0.2, 0.25) is 0 Å². The van der Waals surface area contributed by atoms with E-state index in [2.05, 4.69) is 13.0 Å². The molecule has 0 spiro atoms. The minimum Gasteiger partial charge on any atom is -0.367 e. The molecule has 0 aromatic carbocycles. The molecule has 0 bridgehead atoms. The number of alkyl halides is 1. The van der Waals surface area contributed by atoms with Gasteiger partial charge in [0.15, 0.2) is 6.29 Å². The molecule has 0 aromatic rings. The summed E-state index contributed by atoms with van der Waals surface area (Å²) >= 11 is 0. The Hall–Kier alpha value is -0.410. The van der Waals surface area contributed by atoms with E-state index in [1.54, 1.807) is 0 Å². The summed E-state index contributed by atoms with van der Waals surface area (Å²) < 4.78 is 14.5. The van der Waals surface area contributed by atoms with Crippen molar-refractivity contribution >= 4 is 0 Å². The number of hydrogen-bond donors (Lipinski definition) is 2. The van der Waals surface area contributed by atoms with Gasteiger partial charge in [-0.15, -0.1) is 0 Å². The summed E-state index contributed by atoms with van der Waals surface area (Å²) in [6.45, 7) is 2.15. The Balaban J connectivity index is 1.74. The lowest BCUT2D eigenvalue weighted by atomic mass is 9.47. The van der Waals surface area contributed by atoms with Gasteiger partial charge in [0, 0.05) is 10.8 Å². The monoisotopic (exact) mass is 308 g/mol. The van der Waals surface area contributed by atoms with Crippen LogP contribution in [-0.4, -0.2) is 22.7 Å². The van der Waals surface area contributed by atoms with Crippen molar-refractivity contribution in [1.29, 1.82) is 0 Å². The quantitative estimate of drug-likeness (QED) is 0.568. The zero-order valence-corrected chi connectivity index (χ0v) is 13.6. The first kappa shape index (κ1) is 15.1. The summed E-state index contributed by atoms with van der Waals surface area (Å²) in [5.41, 5.74) is 0.716. The van der Waals surface area contributed by atoms with E-state index < -0.39 is 17.9 Å². The zero-order valence-electron chi connectivity index (χ0n) is 13.6. The highest BCUT2D eigenvalue weighted by atomic mass is 19.1. The molecule has 2 N–H and O–H groups in total. The van der Waals surface area contributed by atoms with E-state index in [0.717, 1.165) is 44.9 Å². The van der Waals surface area contributed by atoms with Gasteiger partial charge in [0.1, 0.15) is 6.17 Å². The fourth-order valence-corrected chi connectivity index (χ4v) is 6.80. The van der Waals surface area contributed by atoms with Gasteiger partial charge >= 0.3 is 0 Å². The van der Waals surface area contributed by atoms with Gasteiger partial charge in [-0.05, 0) is 69.1 Å². The van der Waals surface area contributed by atoms with Crippen LogP contribution in [0.15, 0.2) is 11.6 Å². The maximum absolute atomic E-state index is 14.5. The predicted molar refractivity (Wildman–Crippen MR) is 83.8 cm³/mol.